The summed E-state index contributed by atoms with van der Waals surface area (Å²) in [6.45, 7) is 0. The van der Waals surface area contributed by atoms with Gasteiger partial charge in [0.25, 0.3) is 0 Å². The molecule has 6 heteroatoms. The Morgan fingerprint density at radius 1 is 1.04 bits per heavy atom. The van der Waals surface area contributed by atoms with Crippen LogP contribution < -0.4 is 4.74 Å². The zero-order chi connectivity index (χ0) is 16.8. The van der Waals surface area contributed by atoms with Gasteiger partial charge < -0.3 is 14.6 Å². The van der Waals surface area contributed by atoms with E-state index < -0.39 is 5.97 Å². The molecule has 0 bridgehead atoms. The molecule has 0 spiro atoms. The summed E-state index contributed by atoms with van der Waals surface area (Å²) in [5.74, 6) is -0.730. The van der Waals surface area contributed by atoms with Crippen LogP contribution in [-0.4, -0.2) is 31.3 Å². The van der Waals surface area contributed by atoms with Crippen molar-refractivity contribution in [2.24, 2.45) is 0 Å². The van der Waals surface area contributed by atoms with Crippen molar-refractivity contribution in [2.45, 2.75) is 16.2 Å². The third-order valence-corrected chi connectivity index (χ3v) is 4.11. The number of carboxylic acid groups (broad SMARTS) is 1. The van der Waals surface area contributed by atoms with Crippen LogP contribution in [0, 0.1) is 0 Å². The Hall–Kier alpha value is -2.47. The van der Waals surface area contributed by atoms with Crippen LogP contribution in [-0.2, 0) is 16.0 Å². The molecule has 0 aliphatic carbocycles. The molecule has 0 aliphatic rings. The molecule has 0 amide bonds. The predicted molar refractivity (Wildman–Crippen MR) is 86.2 cm³/mol. The van der Waals surface area contributed by atoms with Crippen molar-refractivity contribution in [3.05, 3.63) is 53.6 Å². The van der Waals surface area contributed by atoms with Crippen LogP contribution in [0.3, 0.4) is 0 Å². The maximum Gasteiger partial charge on any atom is 0.337 e. The highest BCUT2D eigenvalue weighted by Crippen LogP contribution is 2.32. The van der Waals surface area contributed by atoms with Gasteiger partial charge in [0.15, 0.2) is 0 Å². The van der Waals surface area contributed by atoms with Crippen molar-refractivity contribution in [1.29, 1.82) is 0 Å². The van der Waals surface area contributed by atoms with Gasteiger partial charge in [-0.2, -0.15) is 0 Å². The van der Waals surface area contributed by atoms with E-state index in [1.165, 1.54) is 26.0 Å². The lowest BCUT2D eigenvalue weighted by Crippen LogP contribution is -2.02. The number of esters is 1. The van der Waals surface area contributed by atoms with E-state index in [-0.39, 0.29) is 12.4 Å². The number of rotatable bonds is 6. The van der Waals surface area contributed by atoms with E-state index in [0.29, 0.717) is 16.9 Å². The Balaban J connectivity index is 2.16. The van der Waals surface area contributed by atoms with Gasteiger partial charge in [-0.15, -0.1) is 0 Å². The lowest BCUT2D eigenvalue weighted by atomic mass is 10.1. The standard InChI is InChI=1S/C17H16O5S/c1-21-15-10-14(8-5-12(15)9-16(18)19)23-13-6-3-11(4-7-13)17(20)22-2/h3-8,10H,9H2,1-2H3,(H,18,19). The molecule has 0 aliphatic heterocycles. The summed E-state index contributed by atoms with van der Waals surface area (Å²) in [4.78, 5) is 24.1. The average molecular weight is 332 g/mol. The van der Waals surface area contributed by atoms with Gasteiger partial charge in [0.05, 0.1) is 26.2 Å². The molecule has 2 rings (SSSR count). The first-order valence-corrected chi connectivity index (χ1v) is 7.60. The Kier molecular flexibility index (Phi) is 5.65. The van der Waals surface area contributed by atoms with Crippen LogP contribution in [0.2, 0.25) is 0 Å². The lowest BCUT2D eigenvalue weighted by molar-refractivity contribution is -0.136. The normalized spacial score (nSPS) is 10.2. The topological polar surface area (TPSA) is 72.8 Å². The molecule has 2 aromatic carbocycles. The van der Waals surface area contributed by atoms with Gasteiger partial charge in [0, 0.05) is 15.4 Å². The second-order valence-corrected chi connectivity index (χ2v) is 5.81. The summed E-state index contributed by atoms with van der Waals surface area (Å²) < 4.78 is 9.91. The van der Waals surface area contributed by atoms with Crippen LogP contribution in [0.4, 0.5) is 0 Å². The SMILES string of the molecule is COC(=O)c1ccc(Sc2ccc(CC(=O)O)c(OC)c2)cc1. The van der Waals surface area contributed by atoms with Crippen LogP contribution in [0.25, 0.3) is 0 Å². The summed E-state index contributed by atoms with van der Waals surface area (Å²) in [5.41, 5.74) is 1.12. The van der Waals surface area contributed by atoms with E-state index in [9.17, 15) is 9.59 Å². The fraction of sp³-hybridized carbons (Fsp3) is 0.176. The van der Waals surface area contributed by atoms with Gasteiger partial charge in [-0.25, -0.2) is 4.79 Å². The third kappa shape index (κ3) is 4.50. The van der Waals surface area contributed by atoms with Gasteiger partial charge in [0.2, 0.25) is 0 Å². The van der Waals surface area contributed by atoms with Crippen LogP contribution in [0.15, 0.2) is 52.3 Å². The minimum atomic E-state index is -0.901. The number of carboxylic acids is 1. The summed E-state index contributed by atoms with van der Waals surface area (Å²) >= 11 is 1.49. The minimum absolute atomic E-state index is 0.0814. The molecule has 2 aromatic rings. The molecule has 0 fully saturated rings. The summed E-state index contributed by atoms with van der Waals surface area (Å²) in [5, 5.41) is 8.88. The van der Waals surface area contributed by atoms with E-state index in [4.69, 9.17) is 9.84 Å². The fourth-order valence-electron chi connectivity index (χ4n) is 2.01. The first kappa shape index (κ1) is 16.9. The molecule has 120 valence electrons. The lowest BCUT2D eigenvalue weighted by Gasteiger charge is -2.09. The smallest absolute Gasteiger partial charge is 0.337 e. The quantitative estimate of drug-likeness (QED) is 0.819. The van der Waals surface area contributed by atoms with E-state index in [2.05, 4.69) is 4.74 Å². The Morgan fingerprint density at radius 2 is 1.70 bits per heavy atom. The van der Waals surface area contributed by atoms with Gasteiger partial charge in [-0.3, -0.25) is 4.79 Å². The minimum Gasteiger partial charge on any atom is -0.496 e. The van der Waals surface area contributed by atoms with Crippen molar-refractivity contribution in [3.63, 3.8) is 0 Å². The molecule has 0 saturated heterocycles. The molecule has 0 radical (unpaired) electrons. The number of benzene rings is 2. The molecule has 23 heavy (non-hydrogen) atoms. The maximum absolute atomic E-state index is 11.4. The number of carbonyl (C=O) groups excluding carboxylic acids is 1. The van der Waals surface area contributed by atoms with Gasteiger partial charge >= 0.3 is 11.9 Å². The average Bonchev–Trinajstić information content (AvgIpc) is 2.55. The zero-order valence-corrected chi connectivity index (χ0v) is 13.6. The number of carbonyl (C=O) groups is 2. The monoisotopic (exact) mass is 332 g/mol. The van der Waals surface area contributed by atoms with Gasteiger partial charge in [0.1, 0.15) is 5.75 Å². The Bertz CT molecular complexity index is 709. The molecule has 0 unspecified atom stereocenters. The van der Waals surface area contributed by atoms with Crippen molar-refractivity contribution < 1.29 is 24.2 Å². The van der Waals surface area contributed by atoms with E-state index in [1.807, 2.05) is 18.2 Å². The Labute approximate surface area is 138 Å². The largest absolute Gasteiger partial charge is 0.496 e. The first-order valence-electron chi connectivity index (χ1n) is 6.78. The van der Waals surface area contributed by atoms with E-state index in [1.54, 1.807) is 24.3 Å². The van der Waals surface area contributed by atoms with Crippen molar-refractivity contribution in [2.75, 3.05) is 14.2 Å². The van der Waals surface area contributed by atoms with E-state index >= 15 is 0 Å². The van der Waals surface area contributed by atoms with Crippen molar-refractivity contribution in [3.8, 4) is 5.75 Å². The molecule has 0 saturated carbocycles. The molecule has 0 atom stereocenters. The third-order valence-electron chi connectivity index (χ3n) is 3.11. The second kappa shape index (κ2) is 7.69. The summed E-state index contributed by atoms with van der Waals surface area (Å²) in [7, 11) is 2.86. The highest BCUT2D eigenvalue weighted by molar-refractivity contribution is 7.99. The molecule has 0 heterocycles. The van der Waals surface area contributed by atoms with Gasteiger partial charge in [-0.1, -0.05) is 17.8 Å². The number of hydrogen-bond acceptors (Lipinski definition) is 5. The number of aliphatic carboxylic acids is 1. The summed E-state index contributed by atoms with van der Waals surface area (Å²) in [6.07, 6.45) is -0.0814. The fourth-order valence-corrected chi connectivity index (χ4v) is 2.86. The molecular formula is C17H16O5S. The zero-order valence-electron chi connectivity index (χ0n) is 12.7. The summed E-state index contributed by atoms with van der Waals surface area (Å²) in [6, 6.07) is 12.5. The van der Waals surface area contributed by atoms with Crippen LogP contribution >= 0.6 is 11.8 Å². The van der Waals surface area contributed by atoms with Crippen molar-refractivity contribution in [1.82, 2.24) is 0 Å². The number of hydrogen-bond donors (Lipinski definition) is 1. The number of ether oxygens (including phenoxy) is 2. The highest BCUT2D eigenvalue weighted by Gasteiger charge is 2.10. The highest BCUT2D eigenvalue weighted by atomic mass is 32.2. The van der Waals surface area contributed by atoms with Gasteiger partial charge in [-0.05, 0) is 36.4 Å². The Morgan fingerprint density at radius 3 is 2.26 bits per heavy atom. The number of methoxy groups -OCH3 is 2. The molecule has 0 aromatic heterocycles. The molecule has 1 N–H and O–H groups in total. The molecule has 5 nitrogen and oxygen atoms in total. The molecular weight excluding hydrogens is 316 g/mol. The maximum atomic E-state index is 11.4. The van der Waals surface area contributed by atoms with Crippen LogP contribution in [0.5, 0.6) is 5.75 Å². The second-order valence-electron chi connectivity index (χ2n) is 4.66. The van der Waals surface area contributed by atoms with Crippen LogP contribution in [0.1, 0.15) is 15.9 Å². The van der Waals surface area contributed by atoms with E-state index in [0.717, 1.165) is 9.79 Å². The predicted octanol–water partition coefficient (Wildman–Crippen LogP) is 3.26. The van der Waals surface area contributed by atoms with Crippen molar-refractivity contribution >= 4 is 23.7 Å². The first-order chi connectivity index (χ1) is 11.0.